The van der Waals surface area contributed by atoms with Crippen LogP contribution in [-0.2, 0) is 0 Å². The molecule has 0 bridgehead atoms. The Kier molecular flexibility index (Phi) is 3.39. The van der Waals surface area contributed by atoms with Gasteiger partial charge in [0.25, 0.3) is 0 Å². The normalized spacial score (nSPS) is 18.7. The van der Waals surface area contributed by atoms with Crippen molar-refractivity contribution in [1.82, 2.24) is 4.98 Å². The topological polar surface area (TPSA) is 103 Å². The molecule has 94 valence electrons. The van der Waals surface area contributed by atoms with Crippen LogP contribution < -0.4 is 4.90 Å². The minimum absolute atomic E-state index is 0.0144. The molecule has 2 rings (SSSR count). The number of nitriles is 1. The predicted molar refractivity (Wildman–Crippen MR) is 63.1 cm³/mol. The lowest BCUT2D eigenvalue weighted by molar-refractivity contribution is -0.385. The summed E-state index contributed by atoms with van der Waals surface area (Å²) in [6.45, 7) is 0.751. The van der Waals surface area contributed by atoms with E-state index in [0.29, 0.717) is 5.82 Å². The van der Waals surface area contributed by atoms with Gasteiger partial charge in [0.2, 0.25) is 5.69 Å². The second-order valence-electron chi connectivity index (χ2n) is 4.08. The summed E-state index contributed by atoms with van der Waals surface area (Å²) in [5.41, 5.74) is -0.484. The maximum atomic E-state index is 10.7. The van der Waals surface area contributed by atoms with E-state index in [1.807, 2.05) is 4.90 Å². The molecule has 1 aromatic heterocycles. The minimum Gasteiger partial charge on any atom is -0.394 e. The largest absolute Gasteiger partial charge is 0.394 e. The van der Waals surface area contributed by atoms with Crippen molar-refractivity contribution in [2.24, 2.45) is 0 Å². The van der Waals surface area contributed by atoms with E-state index in [9.17, 15) is 15.2 Å². The number of aromatic nitrogens is 1. The van der Waals surface area contributed by atoms with Crippen LogP contribution in [0.15, 0.2) is 12.1 Å². The van der Waals surface area contributed by atoms with E-state index in [2.05, 4.69) is 4.98 Å². The molecule has 1 fully saturated rings. The van der Waals surface area contributed by atoms with Crippen molar-refractivity contribution >= 4 is 11.5 Å². The number of hydrogen-bond acceptors (Lipinski definition) is 6. The van der Waals surface area contributed by atoms with Crippen molar-refractivity contribution in [3.8, 4) is 6.07 Å². The Balaban J connectivity index is 2.36. The highest BCUT2D eigenvalue weighted by molar-refractivity contribution is 5.52. The molecule has 1 aliphatic heterocycles. The summed E-state index contributed by atoms with van der Waals surface area (Å²) in [6, 6.07) is 4.52. The summed E-state index contributed by atoms with van der Waals surface area (Å²) in [5, 5.41) is 28.8. The van der Waals surface area contributed by atoms with Crippen LogP contribution in [0.3, 0.4) is 0 Å². The summed E-state index contributed by atoms with van der Waals surface area (Å²) in [7, 11) is 0. The van der Waals surface area contributed by atoms with Gasteiger partial charge in [-0.2, -0.15) is 5.26 Å². The van der Waals surface area contributed by atoms with Crippen LogP contribution in [0.1, 0.15) is 18.5 Å². The molecule has 0 saturated carbocycles. The highest BCUT2D eigenvalue weighted by atomic mass is 16.6. The lowest BCUT2D eigenvalue weighted by Gasteiger charge is -2.23. The Morgan fingerprint density at radius 2 is 2.44 bits per heavy atom. The smallest absolute Gasteiger partial charge is 0.305 e. The molecule has 1 aromatic rings. The Hall–Kier alpha value is -2.20. The van der Waals surface area contributed by atoms with Crippen LogP contribution in [0.4, 0.5) is 11.5 Å². The van der Waals surface area contributed by atoms with E-state index in [1.54, 1.807) is 6.07 Å². The number of hydrogen-bond donors (Lipinski definition) is 1. The standard InChI is InChI=1S/C11H12N4O3/c12-6-9-10(15(17)18)3-4-11(13-9)14-5-1-2-8(14)7-16/h3-4,8,16H,1-2,5,7H2/t8-/m0/s1. The number of rotatable bonds is 3. The summed E-state index contributed by atoms with van der Waals surface area (Å²) >= 11 is 0. The van der Waals surface area contributed by atoms with Gasteiger partial charge in [0, 0.05) is 12.6 Å². The number of pyridine rings is 1. The third-order valence-electron chi connectivity index (χ3n) is 3.04. The zero-order valence-corrected chi connectivity index (χ0v) is 9.61. The van der Waals surface area contributed by atoms with Gasteiger partial charge < -0.3 is 10.0 Å². The monoisotopic (exact) mass is 248 g/mol. The predicted octanol–water partition coefficient (Wildman–Crippen LogP) is 0.823. The van der Waals surface area contributed by atoms with E-state index in [-0.39, 0.29) is 24.0 Å². The quantitative estimate of drug-likeness (QED) is 0.627. The summed E-state index contributed by atoms with van der Waals surface area (Å²) < 4.78 is 0. The zero-order valence-electron chi connectivity index (χ0n) is 9.61. The lowest BCUT2D eigenvalue weighted by atomic mass is 10.2. The molecule has 7 nitrogen and oxygen atoms in total. The second kappa shape index (κ2) is 4.98. The molecular weight excluding hydrogens is 236 g/mol. The van der Waals surface area contributed by atoms with Crippen molar-refractivity contribution in [3.63, 3.8) is 0 Å². The Morgan fingerprint density at radius 1 is 1.67 bits per heavy atom. The molecule has 1 atom stereocenters. The number of aliphatic hydroxyl groups excluding tert-OH is 1. The van der Waals surface area contributed by atoms with Crippen molar-refractivity contribution in [2.75, 3.05) is 18.1 Å². The number of anilines is 1. The zero-order chi connectivity index (χ0) is 13.1. The molecule has 1 N–H and O–H groups in total. The average molecular weight is 248 g/mol. The maximum Gasteiger partial charge on any atom is 0.305 e. The molecule has 0 radical (unpaired) electrons. The first kappa shape index (κ1) is 12.3. The SMILES string of the molecule is N#Cc1nc(N2CCC[C@H]2CO)ccc1[N+](=O)[O-]. The fourth-order valence-electron chi connectivity index (χ4n) is 2.16. The molecule has 0 amide bonds. The molecular formula is C11H12N4O3. The Labute approximate surface area is 103 Å². The second-order valence-corrected chi connectivity index (χ2v) is 4.08. The molecule has 7 heteroatoms. The highest BCUT2D eigenvalue weighted by Gasteiger charge is 2.26. The summed E-state index contributed by atoms with van der Waals surface area (Å²) in [4.78, 5) is 16.0. The van der Waals surface area contributed by atoms with E-state index >= 15 is 0 Å². The van der Waals surface area contributed by atoms with E-state index in [4.69, 9.17) is 5.26 Å². The molecule has 0 unspecified atom stereocenters. The maximum absolute atomic E-state index is 10.7. The third kappa shape index (κ3) is 2.10. The molecule has 18 heavy (non-hydrogen) atoms. The molecule has 0 aliphatic carbocycles. The van der Waals surface area contributed by atoms with E-state index in [0.717, 1.165) is 19.4 Å². The van der Waals surface area contributed by atoms with Crippen LogP contribution in [0, 0.1) is 21.4 Å². The Morgan fingerprint density at radius 3 is 3.06 bits per heavy atom. The number of nitrogens with zero attached hydrogens (tertiary/aromatic N) is 4. The first-order valence-corrected chi connectivity index (χ1v) is 5.60. The molecule has 0 spiro atoms. The first-order chi connectivity index (χ1) is 8.67. The van der Waals surface area contributed by atoms with Gasteiger partial charge in [-0.25, -0.2) is 4.98 Å². The fraction of sp³-hybridized carbons (Fsp3) is 0.455. The van der Waals surface area contributed by atoms with Crippen LogP contribution in [0.25, 0.3) is 0 Å². The van der Waals surface area contributed by atoms with Crippen LogP contribution in [0.5, 0.6) is 0 Å². The van der Waals surface area contributed by atoms with Gasteiger partial charge in [0.1, 0.15) is 11.9 Å². The van der Waals surface area contributed by atoms with Gasteiger partial charge in [-0.3, -0.25) is 10.1 Å². The average Bonchev–Trinajstić information content (AvgIpc) is 2.86. The van der Waals surface area contributed by atoms with Crippen LogP contribution in [-0.4, -0.2) is 34.2 Å². The Bertz CT molecular complexity index is 512. The van der Waals surface area contributed by atoms with Gasteiger partial charge in [0.05, 0.1) is 17.6 Å². The number of nitro groups is 1. The van der Waals surface area contributed by atoms with Gasteiger partial charge in [-0.1, -0.05) is 0 Å². The minimum atomic E-state index is -0.622. The molecule has 2 heterocycles. The van der Waals surface area contributed by atoms with Gasteiger partial charge in [-0.15, -0.1) is 0 Å². The van der Waals surface area contributed by atoms with Crippen LogP contribution in [0.2, 0.25) is 0 Å². The highest BCUT2D eigenvalue weighted by Crippen LogP contribution is 2.26. The number of aliphatic hydroxyl groups is 1. The lowest BCUT2D eigenvalue weighted by Crippen LogP contribution is -2.32. The fourth-order valence-corrected chi connectivity index (χ4v) is 2.16. The van der Waals surface area contributed by atoms with Crippen molar-refractivity contribution in [1.29, 1.82) is 5.26 Å². The molecule has 0 aromatic carbocycles. The molecule has 1 aliphatic rings. The molecule has 1 saturated heterocycles. The van der Waals surface area contributed by atoms with Crippen molar-refractivity contribution in [2.45, 2.75) is 18.9 Å². The first-order valence-electron chi connectivity index (χ1n) is 5.60. The summed E-state index contributed by atoms with van der Waals surface area (Å²) in [6.07, 6.45) is 1.79. The van der Waals surface area contributed by atoms with Crippen molar-refractivity contribution in [3.05, 3.63) is 27.9 Å². The van der Waals surface area contributed by atoms with Crippen molar-refractivity contribution < 1.29 is 10.0 Å². The van der Waals surface area contributed by atoms with E-state index < -0.39 is 4.92 Å². The van der Waals surface area contributed by atoms with Crippen LogP contribution >= 0.6 is 0 Å². The van der Waals surface area contributed by atoms with E-state index in [1.165, 1.54) is 12.1 Å². The van der Waals surface area contributed by atoms with Gasteiger partial charge in [0.15, 0.2) is 0 Å². The third-order valence-corrected chi connectivity index (χ3v) is 3.04. The van der Waals surface area contributed by atoms with Gasteiger partial charge >= 0.3 is 5.69 Å². The van der Waals surface area contributed by atoms with Gasteiger partial charge in [-0.05, 0) is 18.9 Å². The summed E-state index contributed by atoms with van der Waals surface area (Å²) in [5.74, 6) is 0.508.